The number of benzene rings is 2. The van der Waals surface area contributed by atoms with Crippen LogP contribution in [0.4, 0.5) is 11.5 Å². The van der Waals surface area contributed by atoms with Gasteiger partial charge in [-0.2, -0.15) is 0 Å². The summed E-state index contributed by atoms with van der Waals surface area (Å²) in [5.74, 6) is -0.252. The first-order valence-corrected chi connectivity index (χ1v) is 10.7. The maximum absolute atomic E-state index is 12.2. The number of amides is 1. The van der Waals surface area contributed by atoms with E-state index in [4.69, 9.17) is 16.7 Å². The molecule has 1 aromatic heterocycles. The van der Waals surface area contributed by atoms with Crippen LogP contribution in [0.1, 0.15) is 28.1 Å². The lowest BCUT2D eigenvalue weighted by molar-refractivity contribution is -0.136. The van der Waals surface area contributed by atoms with Crippen molar-refractivity contribution in [2.24, 2.45) is 0 Å². The van der Waals surface area contributed by atoms with E-state index in [1.165, 1.54) is 11.6 Å². The Bertz CT molecular complexity index is 1170. The molecule has 0 atom stereocenters. The van der Waals surface area contributed by atoms with E-state index in [-0.39, 0.29) is 17.5 Å². The molecule has 8 heteroatoms. The average Bonchev–Trinajstić information content (AvgIpc) is 2.76. The predicted molar refractivity (Wildman–Crippen MR) is 131 cm³/mol. The summed E-state index contributed by atoms with van der Waals surface area (Å²) >= 11 is 6.26. The summed E-state index contributed by atoms with van der Waals surface area (Å²) in [6.07, 6.45) is 3.42. The third kappa shape index (κ3) is 6.89. The standard InChI is InChI=1S/C25H25ClN4O3/c1-16-4-6-17(7-5-16)10-13-22(31)27-19-11-8-18(9-12-19)14-21-28-24(26)20(15-23(32)33)25(29-21)30(2)3/h4-13H,14-15H2,1-3H3,(H,27,31)(H,32,33). The smallest absolute Gasteiger partial charge is 0.308 e. The van der Waals surface area contributed by atoms with Crippen LogP contribution in [0.15, 0.2) is 54.6 Å². The van der Waals surface area contributed by atoms with Gasteiger partial charge in [-0.15, -0.1) is 0 Å². The number of carbonyl (C=O) groups excluding carboxylic acids is 1. The number of carbonyl (C=O) groups is 2. The van der Waals surface area contributed by atoms with Crippen molar-refractivity contribution < 1.29 is 14.7 Å². The van der Waals surface area contributed by atoms with Gasteiger partial charge in [0.15, 0.2) is 0 Å². The Morgan fingerprint density at radius 1 is 1.06 bits per heavy atom. The second-order valence-corrected chi connectivity index (χ2v) is 8.16. The summed E-state index contributed by atoms with van der Waals surface area (Å²) < 4.78 is 0. The van der Waals surface area contributed by atoms with E-state index in [0.29, 0.717) is 29.3 Å². The quantitative estimate of drug-likeness (QED) is 0.379. The molecule has 0 spiro atoms. The van der Waals surface area contributed by atoms with Crippen LogP contribution in [0.2, 0.25) is 5.15 Å². The van der Waals surface area contributed by atoms with E-state index in [0.717, 1.165) is 11.1 Å². The minimum Gasteiger partial charge on any atom is -0.481 e. The van der Waals surface area contributed by atoms with Crippen LogP contribution in [0.3, 0.4) is 0 Å². The minimum absolute atomic E-state index is 0.135. The fourth-order valence-electron chi connectivity index (χ4n) is 3.16. The number of carboxylic acids is 1. The number of hydrogen-bond donors (Lipinski definition) is 2. The Labute approximate surface area is 197 Å². The van der Waals surface area contributed by atoms with Crippen LogP contribution >= 0.6 is 11.6 Å². The largest absolute Gasteiger partial charge is 0.481 e. The van der Waals surface area contributed by atoms with Gasteiger partial charge < -0.3 is 15.3 Å². The van der Waals surface area contributed by atoms with Gasteiger partial charge in [-0.05, 0) is 36.3 Å². The molecule has 3 rings (SSSR count). The highest BCUT2D eigenvalue weighted by Crippen LogP contribution is 2.25. The molecule has 0 saturated heterocycles. The van der Waals surface area contributed by atoms with Gasteiger partial charge in [0, 0.05) is 37.8 Å². The van der Waals surface area contributed by atoms with Gasteiger partial charge in [0.1, 0.15) is 16.8 Å². The van der Waals surface area contributed by atoms with Gasteiger partial charge in [0.2, 0.25) is 5.91 Å². The van der Waals surface area contributed by atoms with Gasteiger partial charge in [0.05, 0.1) is 6.42 Å². The van der Waals surface area contributed by atoms with Crippen molar-refractivity contribution in [1.29, 1.82) is 0 Å². The number of aliphatic carboxylic acids is 1. The number of anilines is 2. The zero-order chi connectivity index (χ0) is 24.0. The van der Waals surface area contributed by atoms with E-state index in [1.807, 2.05) is 43.3 Å². The molecule has 7 nitrogen and oxygen atoms in total. The highest BCUT2D eigenvalue weighted by Gasteiger charge is 2.17. The van der Waals surface area contributed by atoms with Crippen molar-refractivity contribution in [1.82, 2.24) is 9.97 Å². The van der Waals surface area contributed by atoms with E-state index in [1.54, 1.807) is 37.2 Å². The van der Waals surface area contributed by atoms with Crippen molar-refractivity contribution >= 4 is 41.1 Å². The molecule has 3 aromatic rings. The number of aromatic nitrogens is 2. The third-order valence-electron chi connectivity index (χ3n) is 4.82. The Morgan fingerprint density at radius 2 is 1.73 bits per heavy atom. The number of nitrogens with one attached hydrogen (secondary N) is 1. The molecule has 0 aliphatic heterocycles. The van der Waals surface area contributed by atoms with Crippen molar-refractivity contribution in [3.05, 3.63) is 87.8 Å². The molecule has 1 amide bonds. The van der Waals surface area contributed by atoms with Gasteiger partial charge in [-0.25, -0.2) is 9.97 Å². The Hall–Kier alpha value is -3.71. The summed E-state index contributed by atoms with van der Waals surface area (Å²) in [4.78, 5) is 33.8. The Kier molecular flexibility index (Phi) is 7.79. The lowest BCUT2D eigenvalue weighted by Crippen LogP contribution is -2.18. The first-order valence-electron chi connectivity index (χ1n) is 10.3. The molecule has 0 aliphatic carbocycles. The molecule has 33 heavy (non-hydrogen) atoms. The van der Waals surface area contributed by atoms with E-state index in [2.05, 4.69) is 15.3 Å². The van der Waals surface area contributed by atoms with Crippen molar-refractivity contribution in [3.63, 3.8) is 0 Å². The number of aryl methyl sites for hydroxylation is 1. The first-order chi connectivity index (χ1) is 15.7. The van der Waals surface area contributed by atoms with Crippen LogP contribution in [-0.4, -0.2) is 41.0 Å². The fourth-order valence-corrected chi connectivity index (χ4v) is 3.41. The van der Waals surface area contributed by atoms with E-state index < -0.39 is 5.97 Å². The monoisotopic (exact) mass is 464 g/mol. The minimum atomic E-state index is -0.998. The van der Waals surface area contributed by atoms with Crippen LogP contribution < -0.4 is 10.2 Å². The molecule has 0 fully saturated rings. The molecule has 0 aliphatic rings. The molecule has 0 saturated carbocycles. The molecule has 170 valence electrons. The van der Waals surface area contributed by atoms with Gasteiger partial charge in [0.25, 0.3) is 0 Å². The van der Waals surface area contributed by atoms with Crippen molar-refractivity contribution in [2.75, 3.05) is 24.3 Å². The highest BCUT2D eigenvalue weighted by molar-refractivity contribution is 6.30. The summed E-state index contributed by atoms with van der Waals surface area (Å²) in [5.41, 5.74) is 4.10. The Balaban J connectivity index is 1.67. The lowest BCUT2D eigenvalue weighted by Gasteiger charge is -2.17. The van der Waals surface area contributed by atoms with E-state index in [9.17, 15) is 9.59 Å². The molecule has 1 heterocycles. The summed E-state index contributed by atoms with van der Waals surface area (Å²) in [5, 5.41) is 12.1. The van der Waals surface area contributed by atoms with Crippen LogP contribution in [-0.2, 0) is 22.4 Å². The normalized spacial score (nSPS) is 10.9. The van der Waals surface area contributed by atoms with Gasteiger partial charge >= 0.3 is 5.97 Å². The topological polar surface area (TPSA) is 95.4 Å². The van der Waals surface area contributed by atoms with Crippen LogP contribution in [0.25, 0.3) is 6.08 Å². The van der Waals surface area contributed by atoms with Crippen molar-refractivity contribution in [3.8, 4) is 0 Å². The van der Waals surface area contributed by atoms with Gasteiger partial charge in [-0.3, -0.25) is 9.59 Å². The number of nitrogens with zero attached hydrogens (tertiary/aromatic N) is 3. The van der Waals surface area contributed by atoms with Crippen LogP contribution in [0.5, 0.6) is 0 Å². The SMILES string of the molecule is Cc1ccc(C=CC(=O)Nc2ccc(Cc3nc(Cl)c(CC(=O)O)c(N(C)C)n3)cc2)cc1. The first kappa shape index (κ1) is 23.9. The summed E-state index contributed by atoms with van der Waals surface area (Å²) in [6.45, 7) is 2.01. The molecule has 2 aromatic carbocycles. The zero-order valence-electron chi connectivity index (χ0n) is 18.7. The average molecular weight is 465 g/mol. The zero-order valence-corrected chi connectivity index (χ0v) is 19.4. The number of rotatable bonds is 8. The molecular weight excluding hydrogens is 440 g/mol. The summed E-state index contributed by atoms with van der Waals surface area (Å²) in [6, 6.07) is 15.3. The van der Waals surface area contributed by atoms with Gasteiger partial charge in [-0.1, -0.05) is 53.6 Å². The number of carboxylic acid groups (broad SMARTS) is 1. The predicted octanol–water partition coefficient (Wildman–Crippen LogP) is 4.37. The summed E-state index contributed by atoms with van der Waals surface area (Å²) in [7, 11) is 3.55. The van der Waals surface area contributed by atoms with Crippen molar-refractivity contribution in [2.45, 2.75) is 19.8 Å². The Morgan fingerprint density at radius 3 is 2.33 bits per heavy atom. The number of hydrogen-bond acceptors (Lipinski definition) is 5. The van der Waals surface area contributed by atoms with E-state index >= 15 is 0 Å². The maximum Gasteiger partial charge on any atom is 0.308 e. The molecule has 0 bridgehead atoms. The lowest BCUT2D eigenvalue weighted by atomic mass is 10.1. The maximum atomic E-state index is 12.2. The molecule has 0 unspecified atom stereocenters. The second kappa shape index (κ2) is 10.7. The molecular formula is C25H25ClN4O3. The third-order valence-corrected chi connectivity index (χ3v) is 5.13. The molecule has 0 radical (unpaired) electrons. The fraction of sp³-hybridized carbons (Fsp3) is 0.200. The highest BCUT2D eigenvalue weighted by atomic mass is 35.5. The number of halogens is 1. The molecule has 2 N–H and O–H groups in total. The van der Waals surface area contributed by atoms with Crippen LogP contribution in [0, 0.1) is 6.92 Å². The second-order valence-electron chi connectivity index (χ2n) is 7.80.